The lowest BCUT2D eigenvalue weighted by Gasteiger charge is -2.20. The Morgan fingerprint density at radius 3 is 2.64 bits per heavy atom. The maximum absolute atomic E-state index is 12.9. The van der Waals surface area contributed by atoms with Gasteiger partial charge in [0.05, 0.1) is 24.5 Å². The lowest BCUT2D eigenvalue weighted by molar-refractivity contribution is 0.571. The average Bonchev–Trinajstić information content (AvgIpc) is 2.49. The van der Waals surface area contributed by atoms with Gasteiger partial charge in [0.1, 0.15) is 17.7 Å². The van der Waals surface area contributed by atoms with Crippen molar-refractivity contribution < 1.29 is 8.78 Å². The minimum absolute atomic E-state index is 0.127. The van der Waals surface area contributed by atoms with E-state index in [1.165, 1.54) is 31.1 Å². The summed E-state index contributed by atoms with van der Waals surface area (Å²) in [6.45, 7) is 4.35. The Morgan fingerprint density at radius 1 is 1.41 bits per heavy atom. The third kappa shape index (κ3) is 6.21. The summed E-state index contributed by atoms with van der Waals surface area (Å²) in [5.41, 5.74) is 0. The summed E-state index contributed by atoms with van der Waals surface area (Å²) in [6.07, 6.45) is 8.11. The van der Waals surface area contributed by atoms with Crippen LogP contribution in [0.5, 0.6) is 0 Å². The van der Waals surface area contributed by atoms with E-state index in [2.05, 4.69) is 20.4 Å². The molecular formula is C14H18F2N6. The average molecular weight is 308 g/mol. The first kappa shape index (κ1) is 17.4. The van der Waals surface area contributed by atoms with E-state index in [0.29, 0.717) is 0 Å². The number of aliphatic imine (C=N–C) groups is 2. The molecule has 1 aliphatic heterocycles. The molecule has 0 fully saturated rings. The minimum Gasteiger partial charge on any atom is -0.313 e. The van der Waals surface area contributed by atoms with Crippen LogP contribution in [0.1, 0.15) is 20.8 Å². The number of hydrogen-bond acceptors (Lipinski definition) is 4. The van der Waals surface area contributed by atoms with Crippen LogP contribution in [0.15, 0.2) is 51.3 Å². The monoisotopic (exact) mass is 308 g/mol. The van der Waals surface area contributed by atoms with Gasteiger partial charge in [0, 0.05) is 6.20 Å². The predicted molar refractivity (Wildman–Crippen MR) is 85.5 cm³/mol. The third-order valence-electron chi connectivity index (χ3n) is 2.30. The first-order valence-corrected chi connectivity index (χ1v) is 6.51. The number of nitrogens with one attached hydrogen (secondary N) is 2. The van der Waals surface area contributed by atoms with Gasteiger partial charge in [-0.3, -0.25) is 10.4 Å². The zero-order valence-corrected chi connectivity index (χ0v) is 12.6. The lowest BCUT2D eigenvalue weighted by atomic mass is 10.3. The molecule has 0 aliphatic carbocycles. The van der Waals surface area contributed by atoms with E-state index in [1.54, 1.807) is 19.2 Å². The second-order valence-electron chi connectivity index (χ2n) is 4.31. The second kappa shape index (κ2) is 8.60. The summed E-state index contributed by atoms with van der Waals surface area (Å²) >= 11 is 0. The highest BCUT2D eigenvalue weighted by Crippen LogP contribution is 2.05. The fourth-order valence-corrected chi connectivity index (χ4v) is 1.31. The van der Waals surface area contributed by atoms with Crippen LogP contribution in [0.25, 0.3) is 0 Å². The van der Waals surface area contributed by atoms with Crippen molar-refractivity contribution in [2.75, 3.05) is 0 Å². The van der Waals surface area contributed by atoms with Gasteiger partial charge in [0.25, 0.3) is 0 Å². The maximum atomic E-state index is 12.9. The van der Waals surface area contributed by atoms with Gasteiger partial charge >= 0.3 is 0 Å². The van der Waals surface area contributed by atoms with Gasteiger partial charge < -0.3 is 5.32 Å². The highest BCUT2D eigenvalue weighted by atomic mass is 19.1. The summed E-state index contributed by atoms with van der Waals surface area (Å²) in [6, 6.07) is -0.400. The van der Waals surface area contributed by atoms with Gasteiger partial charge in [0.2, 0.25) is 5.96 Å². The SMILES string of the molecule is C/C=C(/F)C=NC1C=CN(C(=N/C=C(\C)F)NC(C)=N)N=C1. The normalized spacial score (nSPS) is 20.0. The smallest absolute Gasteiger partial charge is 0.229 e. The largest absolute Gasteiger partial charge is 0.313 e. The molecule has 1 aliphatic rings. The van der Waals surface area contributed by atoms with Crippen LogP contribution < -0.4 is 5.32 Å². The number of rotatable bonds is 3. The number of guanidine groups is 1. The highest BCUT2D eigenvalue weighted by molar-refractivity contribution is 5.98. The molecule has 0 aromatic rings. The van der Waals surface area contributed by atoms with Crippen molar-refractivity contribution >= 4 is 24.2 Å². The molecule has 118 valence electrons. The summed E-state index contributed by atoms with van der Waals surface area (Å²) in [7, 11) is 0. The molecule has 0 amide bonds. The Balaban J connectivity index is 2.83. The lowest BCUT2D eigenvalue weighted by Crippen LogP contribution is -2.39. The molecule has 6 nitrogen and oxygen atoms in total. The van der Waals surface area contributed by atoms with E-state index in [9.17, 15) is 8.78 Å². The van der Waals surface area contributed by atoms with Crippen LogP contribution in [0.3, 0.4) is 0 Å². The fraction of sp³-hybridized carbons (Fsp3) is 0.286. The van der Waals surface area contributed by atoms with Crippen LogP contribution >= 0.6 is 0 Å². The van der Waals surface area contributed by atoms with Crippen molar-refractivity contribution in [1.29, 1.82) is 5.41 Å². The van der Waals surface area contributed by atoms with Gasteiger partial charge in [-0.25, -0.2) is 18.8 Å². The Labute approximate surface area is 127 Å². The van der Waals surface area contributed by atoms with Crippen LogP contribution in [-0.2, 0) is 0 Å². The first-order valence-electron chi connectivity index (χ1n) is 6.51. The summed E-state index contributed by atoms with van der Waals surface area (Å²) < 4.78 is 25.7. The molecule has 0 bridgehead atoms. The van der Waals surface area contributed by atoms with Crippen LogP contribution in [-0.4, -0.2) is 35.3 Å². The number of nitrogens with zero attached hydrogens (tertiary/aromatic N) is 4. The van der Waals surface area contributed by atoms with E-state index in [4.69, 9.17) is 5.41 Å². The standard InChI is InChI=1S/C14H18F2N6/c1-4-12(16)8-18-13-5-6-22(20-9-13)14(21-11(3)17)19-7-10(2)15/h4-9,13H,1-3H3,(H2,17,19,21)/b10-7+,12-4+,18-8?. The van der Waals surface area contributed by atoms with Gasteiger partial charge in [-0.05, 0) is 26.8 Å². The Bertz CT molecular complexity index is 568. The first-order chi connectivity index (χ1) is 10.4. The Morgan fingerprint density at radius 2 is 2.14 bits per heavy atom. The van der Waals surface area contributed by atoms with E-state index in [0.717, 1.165) is 12.4 Å². The Kier molecular flexibility index (Phi) is 6.81. The number of amidine groups is 1. The maximum Gasteiger partial charge on any atom is 0.229 e. The van der Waals surface area contributed by atoms with Crippen LogP contribution in [0.2, 0.25) is 0 Å². The van der Waals surface area contributed by atoms with E-state index in [1.807, 2.05) is 0 Å². The van der Waals surface area contributed by atoms with Crippen molar-refractivity contribution in [1.82, 2.24) is 10.3 Å². The van der Waals surface area contributed by atoms with Crippen molar-refractivity contribution in [2.45, 2.75) is 26.8 Å². The van der Waals surface area contributed by atoms with Crippen molar-refractivity contribution in [2.24, 2.45) is 15.1 Å². The Hall–Kier alpha value is -2.64. The van der Waals surface area contributed by atoms with Crippen LogP contribution in [0, 0.1) is 5.41 Å². The molecule has 1 unspecified atom stereocenters. The molecule has 0 aromatic carbocycles. The molecule has 0 saturated heterocycles. The van der Waals surface area contributed by atoms with Gasteiger partial charge in [-0.2, -0.15) is 5.10 Å². The second-order valence-corrected chi connectivity index (χ2v) is 4.31. The van der Waals surface area contributed by atoms with E-state index >= 15 is 0 Å². The molecule has 0 aromatic heterocycles. The van der Waals surface area contributed by atoms with Crippen molar-refractivity contribution in [3.05, 3.63) is 36.2 Å². The summed E-state index contributed by atoms with van der Waals surface area (Å²) in [5.74, 6) is -0.617. The zero-order chi connectivity index (χ0) is 16.5. The van der Waals surface area contributed by atoms with Gasteiger partial charge in [0.15, 0.2) is 0 Å². The van der Waals surface area contributed by atoms with Crippen molar-refractivity contribution in [3.8, 4) is 0 Å². The summed E-state index contributed by atoms with van der Waals surface area (Å²) in [4.78, 5) is 7.86. The molecule has 1 rings (SSSR count). The molecule has 8 heteroatoms. The van der Waals surface area contributed by atoms with Crippen molar-refractivity contribution in [3.63, 3.8) is 0 Å². The number of halogens is 2. The third-order valence-corrected chi connectivity index (χ3v) is 2.30. The van der Waals surface area contributed by atoms with Crippen LogP contribution in [0.4, 0.5) is 8.78 Å². The quantitative estimate of drug-likeness (QED) is 0.621. The highest BCUT2D eigenvalue weighted by Gasteiger charge is 2.12. The molecule has 1 heterocycles. The van der Waals surface area contributed by atoms with E-state index in [-0.39, 0.29) is 11.8 Å². The van der Waals surface area contributed by atoms with E-state index < -0.39 is 17.7 Å². The molecule has 0 saturated carbocycles. The molecule has 2 N–H and O–H groups in total. The molecule has 22 heavy (non-hydrogen) atoms. The number of hydrazone groups is 1. The summed E-state index contributed by atoms with van der Waals surface area (Å²) in [5, 5.41) is 15.5. The van der Waals surface area contributed by atoms with Gasteiger partial charge in [-0.15, -0.1) is 0 Å². The molecular weight excluding hydrogens is 290 g/mol. The minimum atomic E-state index is -0.476. The fourth-order valence-electron chi connectivity index (χ4n) is 1.31. The number of allylic oxidation sites excluding steroid dienone is 3. The number of hydrogen-bond donors (Lipinski definition) is 2. The molecule has 0 radical (unpaired) electrons. The molecule has 1 atom stereocenters. The van der Waals surface area contributed by atoms with Gasteiger partial charge in [-0.1, -0.05) is 6.08 Å². The predicted octanol–water partition coefficient (Wildman–Crippen LogP) is 2.89. The molecule has 0 spiro atoms. The topological polar surface area (TPSA) is 76.2 Å². The zero-order valence-electron chi connectivity index (χ0n) is 12.6.